The van der Waals surface area contributed by atoms with Crippen LogP contribution in [0.1, 0.15) is 30.1 Å². The number of hydrogen-bond donors (Lipinski definition) is 2. The number of anilines is 1. The molecule has 0 aromatic heterocycles. The molecule has 1 amide bonds. The quantitative estimate of drug-likeness (QED) is 0.416. The van der Waals surface area contributed by atoms with Gasteiger partial charge in [-0.15, -0.1) is 0 Å². The molecule has 0 aliphatic carbocycles. The van der Waals surface area contributed by atoms with E-state index in [9.17, 15) is 14.9 Å². The molecule has 0 aliphatic heterocycles. The van der Waals surface area contributed by atoms with Crippen LogP contribution in [0.25, 0.3) is 0 Å². The molecule has 0 fully saturated rings. The van der Waals surface area contributed by atoms with Gasteiger partial charge in [0, 0.05) is 19.2 Å². The number of para-hydroxylation sites is 1. The average molecular weight is 311 g/mol. The van der Waals surface area contributed by atoms with Gasteiger partial charge in [0.05, 0.1) is 10.5 Å². The Bertz CT molecular complexity index is 494. The minimum absolute atomic E-state index is 0.0770. The number of amides is 1. The first-order chi connectivity index (χ1) is 10.1. The van der Waals surface area contributed by atoms with Gasteiger partial charge >= 0.3 is 0 Å². The number of carbonyl (C=O) groups is 1. The van der Waals surface area contributed by atoms with Crippen molar-refractivity contribution in [1.29, 1.82) is 0 Å². The van der Waals surface area contributed by atoms with Crippen molar-refractivity contribution >= 4 is 29.0 Å². The predicted molar refractivity (Wildman–Crippen MR) is 87.2 cm³/mol. The zero-order chi connectivity index (χ0) is 15.7. The molecule has 0 atom stereocenters. The van der Waals surface area contributed by atoms with E-state index in [1.807, 2.05) is 13.2 Å². The largest absolute Gasteiger partial charge is 0.379 e. The molecule has 0 radical (unpaired) electrons. The van der Waals surface area contributed by atoms with Crippen LogP contribution in [0.2, 0.25) is 0 Å². The molecule has 0 spiro atoms. The highest BCUT2D eigenvalue weighted by Crippen LogP contribution is 2.28. The summed E-state index contributed by atoms with van der Waals surface area (Å²) in [5.41, 5.74) is 0.523. The lowest BCUT2D eigenvalue weighted by Gasteiger charge is -2.11. The number of nitro benzene ring substituents is 1. The van der Waals surface area contributed by atoms with Gasteiger partial charge in [0.1, 0.15) is 5.69 Å². The molecular formula is C14H21N3O3S. The van der Waals surface area contributed by atoms with Gasteiger partial charge in [0.25, 0.3) is 11.6 Å². The zero-order valence-electron chi connectivity index (χ0n) is 12.3. The van der Waals surface area contributed by atoms with Gasteiger partial charge < -0.3 is 10.6 Å². The lowest BCUT2D eigenvalue weighted by Crippen LogP contribution is -2.25. The van der Waals surface area contributed by atoms with E-state index in [1.165, 1.54) is 12.1 Å². The predicted octanol–water partition coefficient (Wildman–Crippen LogP) is 2.90. The first-order valence-corrected chi connectivity index (χ1v) is 8.29. The molecule has 0 saturated heterocycles. The van der Waals surface area contributed by atoms with Crippen LogP contribution >= 0.6 is 11.8 Å². The Morgan fingerprint density at radius 2 is 2.14 bits per heavy atom. The zero-order valence-corrected chi connectivity index (χ0v) is 13.2. The third-order valence-corrected chi connectivity index (χ3v) is 3.60. The maximum Gasteiger partial charge on any atom is 0.293 e. The second kappa shape index (κ2) is 9.23. The van der Waals surface area contributed by atoms with Crippen LogP contribution < -0.4 is 10.6 Å². The van der Waals surface area contributed by atoms with Crippen molar-refractivity contribution < 1.29 is 9.72 Å². The van der Waals surface area contributed by atoms with Crippen molar-refractivity contribution in [3.8, 4) is 0 Å². The van der Waals surface area contributed by atoms with Crippen molar-refractivity contribution in [2.45, 2.75) is 19.8 Å². The van der Waals surface area contributed by atoms with Gasteiger partial charge in [-0.25, -0.2) is 0 Å². The molecule has 0 unspecified atom stereocenters. The number of unbranched alkanes of at least 4 members (excludes halogenated alkanes) is 1. The summed E-state index contributed by atoms with van der Waals surface area (Å²) in [6.07, 6.45) is 3.98. The number of hydrogen-bond acceptors (Lipinski definition) is 5. The average Bonchev–Trinajstić information content (AvgIpc) is 2.47. The van der Waals surface area contributed by atoms with E-state index in [-0.39, 0.29) is 17.3 Å². The van der Waals surface area contributed by atoms with E-state index in [0.29, 0.717) is 18.7 Å². The van der Waals surface area contributed by atoms with Crippen molar-refractivity contribution in [3.05, 3.63) is 33.9 Å². The second-order valence-electron chi connectivity index (χ2n) is 4.44. The van der Waals surface area contributed by atoms with E-state index in [1.54, 1.807) is 17.8 Å². The maximum absolute atomic E-state index is 12.2. The Morgan fingerprint density at radius 1 is 1.38 bits per heavy atom. The monoisotopic (exact) mass is 311 g/mol. The summed E-state index contributed by atoms with van der Waals surface area (Å²) in [4.78, 5) is 22.7. The van der Waals surface area contributed by atoms with Crippen LogP contribution in [0.15, 0.2) is 18.2 Å². The lowest BCUT2D eigenvalue weighted by atomic mass is 10.1. The molecule has 1 rings (SSSR count). The first kappa shape index (κ1) is 17.3. The van der Waals surface area contributed by atoms with Crippen LogP contribution in [0, 0.1) is 10.1 Å². The second-order valence-corrected chi connectivity index (χ2v) is 5.43. The summed E-state index contributed by atoms with van der Waals surface area (Å²) < 4.78 is 0. The van der Waals surface area contributed by atoms with E-state index in [0.717, 1.165) is 18.6 Å². The van der Waals surface area contributed by atoms with E-state index in [2.05, 4.69) is 10.6 Å². The fourth-order valence-electron chi connectivity index (χ4n) is 1.91. The van der Waals surface area contributed by atoms with E-state index >= 15 is 0 Å². The fourth-order valence-corrected chi connectivity index (χ4v) is 2.41. The molecule has 116 valence electrons. The summed E-state index contributed by atoms with van der Waals surface area (Å²) in [5.74, 6) is 0.786. The van der Waals surface area contributed by atoms with Crippen LogP contribution in [0.4, 0.5) is 11.4 Å². The number of benzene rings is 1. The summed E-state index contributed by atoms with van der Waals surface area (Å²) in [7, 11) is 0. The molecule has 1 aromatic carbocycles. The molecular weight excluding hydrogens is 290 g/mol. The maximum atomic E-state index is 12.2. The number of nitrogens with one attached hydrogen (secondary N) is 2. The molecule has 0 saturated carbocycles. The van der Waals surface area contributed by atoms with Crippen molar-refractivity contribution in [2.24, 2.45) is 0 Å². The van der Waals surface area contributed by atoms with Crippen LogP contribution in [-0.2, 0) is 0 Å². The number of thioether (sulfide) groups is 1. The van der Waals surface area contributed by atoms with Crippen LogP contribution in [-0.4, -0.2) is 35.9 Å². The third kappa shape index (κ3) is 5.26. The molecule has 2 N–H and O–H groups in total. The van der Waals surface area contributed by atoms with Gasteiger partial charge in [-0.3, -0.25) is 14.9 Å². The number of nitro groups is 1. The Kier molecular flexibility index (Phi) is 7.60. The Morgan fingerprint density at radius 3 is 2.76 bits per heavy atom. The Labute approximate surface area is 128 Å². The number of carbonyl (C=O) groups excluding carboxylic acids is 1. The molecule has 21 heavy (non-hydrogen) atoms. The first-order valence-electron chi connectivity index (χ1n) is 6.90. The van der Waals surface area contributed by atoms with E-state index in [4.69, 9.17) is 0 Å². The standard InChI is InChI=1S/C14H21N3O3S/c1-3-15-13-11(7-6-8-12(13)17(19)20)14(18)16-9-4-5-10-21-2/h6-8,15H,3-5,9-10H2,1-2H3,(H,16,18). The Balaban J connectivity index is 2.78. The Hall–Kier alpha value is -1.76. The summed E-state index contributed by atoms with van der Waals surface area (Å²) >= 11 is 1.77. The van der Waals surface area contributed by atoms with Gasteiger partial charge in [-0.1, -0.05) is 6.07 Å². The number of nitrogens with zero attached hydrogens (tertiary/aromatic N) is 1. The third-order valence-electron chi connectivity index (χ3n) is 2.90. The normalized spacial score (nSPS) is 10.2. The summed E-state index contributed by atoms with van der Waals surface area (Å²) in [5, 5.41) is 16.8. The van der Waals surface area contributed by atoms with Gasteiger partial charge in [0.2, 0.25) is 0 Å². The SMILES string of the molecule is CCNc1c(C(=O)NCCCCSC)cccc1[N+](=O)[O-]. The molecule has 1 aromatic rings. The molecule has 0 heterocycles. The van der Waals surface area contributed by atoms with Crippen molar-refractivity contribution in [3.63, 3.8) is 0 Å². The molecule has 0 bridgehead atoms. The molecule has 0 aliphatic rings. The van der Waals surface area contributed by atoms with Crippen molar-refractivity contribution in [1.82, 2.24) is 5.32 Å². The van der Waals surface area contributed by atoms with Gasteiger partial charge in [0.15, 0.2) is 0 Å². The minimum atomic E-state index is -0.479. The van der Waals surface area contributed by atoms with Gasteiger partial charge in [-0.2, -0.15) is 11.8 Å². The highest BCUT2D eigenvalue weighted by atomic mass is 32.2. The fraction of sp³-hybridized carbons (Fsp3) is 0.500. The summed E-state index contributed by atoms with van der Waals surface area (Å²) in [6, 6.07) is 4.52. The molecule has 7 heteroatoms. The summed E-state index contributed by atoms with van der Waals surface area (Å²) in [6.45, 7) is 2.92. The van der Waals surface area contributed by atoms with E-state index < -0.39 is 4.92 Å². The van der Waals surface area contributed by atoms with Gasteiger partial charge in [-0.05, 0) is 37.8 Å². The minimum Gasteiger partial charge on any atom is -0.379 e. The topological polar surface area (TPSA) is 84.3 Å². The smallest absolute Gasteiger partial charge is 0.293 e. The van der Waals surface area contributed by atoms with Crippen molar-refractivity contribution in [2.75, 3.05) is 30.4 Å². The highest BCUT2D eigenvalue weighted by Gasteiger charge is 2.20. The van der Waals surface area contributed by atoms with Crippen LogP contribution in [0.5, 0.6) is 0 Å². The lowest BCUT2D eigenvalue weighted by molar-refractivity contribution is -0.384. The molecule has 6 nitrogen and oxygen atoms in total. The van der Waals surface area contributed by atoms with Crippen LogP contribution in [0.3, 0.4) is 0 Å². The highest BCUT2D eigenvalue weighted by molar-refractivity contribution is 7.98. The number of rotatable bonds is 9.